The van der Waals surface area contributed by atoms with Crippen LogP contribution in [0.4, 0.5) is 11.6 Å². The van der Waals surface area contributed by atoms with Crippen molar-refractivity contribution >= 4 is 34.1 Å². The molecule has 0 bridgehead atoms. The van der Waals surface area contributed by atoms with Gasteiger partial charge >= 0.3 is 0 Å². The summed E-state index contributed by atoms with van der Waals surface area (Å²) in [5.41, 5.74) is 6.81. The maximum atomic E-state index is 9.28. The number of rotatable bonds is 3. The summed E-state index contributed by atoms with van der Waals surface area (Å²) in [6.07, 6.45) is 1.59. The highest BCUT2D eigenvalue weighted by molar-refractivity contribution is 6.31. The molecule has 3 N–H and O–H groups in total. The van der Waals surface area contributed by atoms with Crippen molar-refractivity contribution in [1.29, 1.82) is 5.26 Å². The number of fused-ring (bicyclic) bond motifs is 1. The number of aromatic nitrogens is 3. The zero-order chi connectivity index (χ0) is 15.5. The molecule has 2 heterocycles. The van der Waals surface area contributed by atoms with Crippen LogP contribution in [0, 0.1) is 11.3 Å². The van der Waals surface area contributed by atoms with Gasteiger partial charge in [-0.1, -0.05) is 11.6 Å². The molecule has 108 valence electrons. The number of benzene rings is 1. The lowest BCUT2D eigenvalue weighted by Gasteiger charge is -2.08. The molecular weight excluding hydrogens is 300 g/mol. The monoisotopic (exact) mass is 310 g/mol. The molecule has 3 aromatic rings. The first-order valence-electron chi connectivity index (χ1n) is 6.47. The van der Waals surface area contributed by atoms with Crippen molar-refractivity contribution in [3.05, 3.63) is 52.9 Å². The van der Waals surface area contributed by atoms with E-state index in [1.165, 1.54) is 0 Å². The predicted molar refractivity (Wildman–Crippen MR) is 85.2 cm³/mol. The van der Waals surface area contributed by atoms with Crippen LogP contribution in [-0.4, -0.2) is 15.0 Å². The van der Waals surface area contributed by atoms with Gasteiger partial charge in [-0.15, -0.1) is 0 Å². The third kappa shape index (κ3) is 2.90. The molecule has 2 aromatic heterocycles. The summed E-state index contributed by atoms with van der Waals surface area (Å²) in [5, 5.41) is 13.7. The standard InChI is InChI=1S/C15H11ClN6/c16-10-1-2-12-11(6-10)9(7-17)5-14(21-12)20-8-15-19-4-3-13(18)22-15/h1-6H,8H2,(H,20,21)(H2,18,19,22). The number of halogens is 1. The summed E-state index contributed by atoms with van der Waals surface area (Å²) in [7, 11) is 0. The van der Waals surface area contributed by atoms with Crippen molar-refractivity contribution in [3.8, 4) is 6.07 Å². The summed E-state index contributed by atoms with van der Waals surface area (Å²) in [6.45, 7) is 0.363. The van der Waals surface area contributed by atoms with Crippen LogP contribution < -0.4 is 11.1 Å². The van der Waals surface area contributed by atoms with Crippen LogP contribution in [-0.2, 0) is 6.54 Å². The van der Waals surface area contributed by atoms with Crippen LogP contribution in [0.15, 0.2) is 36.5 Å². The second-order valence-electron chi connectivity index (χ2n) is 4.58. The highest BCUT2D eigenvalue weighted by Crippen LogP contribution is 2.23. The molecule has 0 saturated heterocycles. The molecule has 0 atom stereocenters. The van der Waals surface area contributed by atoms with E-state index in [4.69, 9.17) is 17.3 Å². The van der Waals surface area contributed by atoms with Gasteiger partial charge in [0.15, 0.2) is 0 Å². The summed E-state index contributed by atoms with van der Waals surface area (Å²) >= 11 is 5.96. The Labute approximate surface area is 131 Å². The third-order valence-corrected chi connectivity index (χ3v) is 3.28. The van der Waals surface area contributed by atoms with E-state index >= 15 is 0 Å². The highest BCUT2D eigenvalue weighted by atomic mass is 35.5. The van der Waals surface area contributed by atoms with Gasteiger partial charge in [0, 0.05) is 16.6 Å². The molecule has 7 heteroatoms. The molecule has 0 spiro atoms. The highest BCUT2D eigenvalue weighted by Gasteiger charge is 2.07. The smallest absolute Gasteiger partial charge is 0.149 e. The molecule has 6 nitrogen and oxygen atoms in total. The summed E-state index contributed by atoms with van der Waals surface area (Å²) in [4.78, 5) is 12.7. The fraction of sp³-hybridized carbons (Fsp3) is 0.0667. The molecular formula is C15H11ClN6. The average Bonchev–Trinajstić information content (AvgIpc) is 2.52. The van der Waals surface area contributed by atoms with E-state index in [2.05, 4.69) is 26.3 Å². The van der Waals surface area contributed by atoms with Gasteiger partial charge in [0.2, 0.25) is 0 Å². The van der Waals surface area contributed by atoms with Gasteiger partial charge < -0.3 is 11.1 Å². The van der Waals surface area contributed by atoms with E-state index in [1.807, 2.05) is 0 Å². The van der Waals surface area contributed by atoms with Crippen LogP contribution in [0.3, 0.4) is 0 Å². The van der Waals surface area contributed by atoms with E-state index in [1.54, 1.807) is 36.5 Å². The second kappa shape index (κ2) is 5.84. The van der Waals surface area contributed by atoms with Gasteiger partial charge in [-0.2, -0.15) is 5.26 Å². The van der Waals surface area contributed by atoms with Crippen LogP contribution in [0.25, 0.3) is 10.9 Å². The Morgan fingerprint density at radius 2 is 2.09 bits per heavy atom. The molecule has 1 aromatic carbocycles. The molecule has 0 amide bonds. The van der Waals surface area contributed by atoms with Gasteiger partial charge in [0.05, 0.1) is 23.7 Å². The number of nitrogens with two attached hydrogens (primary N) is 1. The second-order valence-corrected chi connectivity index (χ2v) is 5.02. The minimum atomic E-state index is 0.363. The molecule has 0 saturated carbocycles. The third-order valence-electron chi connectivity index (χ3n) is 3.05. The molecule has 3 rings (SSSR count). The number of anilines is 2. The van der Waals surface area contributed by atoms with Crippen molar-refractivity contribution in [3.63, 3.8) is 0 Å². The maximum Gasteiger partial charge on any atom is 0.149 e. The first-order valence-corrected chi connectivity index (χ1v) is 6.85. The van der Waals surface area contributed by atoms with E-state index in [0.29, 0.717) is 40.1 Å². The summed E-state index contributed by atoms with van der Waals surface area (Å²) in [6, 6.07) is 10.7. The first kappa shape index (κ1) is 14.0. The lowest BCUT2D eigenvalue weighted by Crippen LogP contribution is -2.07. The van der Waals surface area contributed by atoms with E-state index in [9.17, 15) is 5.26 Å². The van der Waals surface area contributed by atoms with E-state index < -0.39 is 0 Å². The number of nitrogens with one attached hydrogen (secondary N) is 1. The predicted octanol–water partition coefficient (Wildman–Crippen LogP) is 2.74. The van der Waals surface area contributed by atoms with E-state index in [-0.39, 0.29) is 0 Å². The number of nitriles is 1. The molecule has 0 aliphatic heterocycles. The maximum absolute atomic E-state index is 9.28. The van der Waals surface area contributed by atoms with Crippen LogP contribution >= 0.6 is 11.6 Å². The first-order chi connectivity index (χ1) is 10.7. The van der Waals surface area contributed by atoms with E-state index in [0.717, 1.165) is 5.39 Å². The van der Waals surface area contributed by atoms with Crippen molar-refractivity contribution in [2.45, 2.75) is 6.54 Å². The van der Waals surface area contributed by atoms with Gasteiger partial charge in [-0.3, -0.25) is 0 Å². The Morgan fingerprint density at radius 1 is 1.23 bits per heavy atom. The van der Waals surface area contributed by atoms with Crippen LogP contribution in [0.2, 0.25) is 5.02 Å². The molecule has 22 heavy (non-hydrogen) atoms. The Hall–Kier alpha value is -2.91. The van der Waals surface area contributed by atoms with Crippen LogP contribution in [0.1, 0.15) is 11.4 Å². The SMILES string of the molecule is N#Cc1cc(NCc2nccc(N)n2)nc2ccc(Cl)cc12. The van der Waals surface area contributed by atoms with Gasteiger partial charge in [-0.05, 0) is 30.3 Å². The lowest BCUT2D eigenvalue weighted by molar-refractivity contribution is 0.948. The Morgan fingerprint density at radius 3 is 2.86 bits per heavy atom. The molecule has 0 aliphatic carbocycles. The number of hydrogen-bond acceptors (Lipinski definition) is 6. The number of hydrogen-bond donors (Lipinski definition) is 2. The van der Waals surface area contributed by atoms with Crippen molar-refractivity contribution in [2.75, 3.05) is 11.1 Å². The average molecular weight is 311 g/mol. The quantitative estimate of drug-likeness (QED) is 0.771. The molecule has 0 unspecified atom stereocenters. The molecule has 0 aliphatic rings. The Kier molecular flexibility index (Phi) is 3.73. The number of nitrogen functional groups attached to an aromatic ring is 1. The topological polar surface area (TPSA) is 101 Å². The fourth-order valence-electron chi connectivity index (χ4n) is 2.05. The summed E-state index contributed by atoms with van der Waals surface area (Å²) in [5.74, 6) is 1.53. The van der Waals surface area contributed by atoms with Gasteiger partial charge in [0.1, 0.15) is 17.5 Å². The molecule has 0 radical (unpaired) electrons. The lowest BCUT2D eigenvalue weighted by atomic mass is 10.1. The fourth-order valence-corrected chi connectivity index (χ4v) is 2.22. The van der Waals surface area contributed by atoms with Crippen LogP contribution in [0.5, 0.6) is 0 Å². The Bertz CT molecular complexity index is 887. The molecule has 0 fully saturated rings. The van der Waals surface area contributed by atoms with Crippen molar-refractivity contribution < 1.29 is 0 Å². The Balaban J connectivity index is 1.91. The van der Waals surface area contributed by atoms with Gasteiger partial charge in [0.25, 0.3) is 0 Å². The van der Waals surface area contributed by atoms with Gasteiger partial charge in [-0.25, -0.2) is 15.0 Å². The number of nitrogens with zero attached hydrogens (tertiary/aromatic N) is 4. The summed E-state index contributed by atoms with van der Waals surface area (Å²) < 4.78 is 0. The number of pyridine rings is 1. The van der Waals surface area contributed by atoms with Crippen molar-refractivity contribution in [2.24, 2.45) is 0 Å². The largest absolute Gasteiger partial charge is 0.384 e. The zero-order valence-electron chi connectivity index (χ0n) is 11.4. The normalized spacial score (nSPS) is 10.4. The minimum Gasteiger partial charge on any atom is -0.384 e. The zero-order valence-corrected chi connectivity index (χ0v) is 12.2. The minimum absolute atomic E-state index is 0.363. The van der Waals surface area contributed by atoms with Crippen molar-refractivity contribution in [1.82, 2.24) is 15.0 Å².